The van der Waals surface area contributed by atoms with Crippen LogP contribution >= 0.6 is 0 Å². The van der Waals surface area contributed by atoms with E-state index in [4.69, 9.17) is 4.52 Å². The molecule has 0 N–H and O–H groups in total. The second-order valence-corrected chi connectivity index (χ2v) is 4.42. The minimum Gasteiger partial charge on any atom is -0.360 e. The molecular formula is C13H13NO2. The monoisotopic (exact) mass is 215 g/mol. The summed E-state index contributed by atoms with van der Waals surface area (Å²) in [6.07, 6.45) is 5.78. The Morgan fingerprint density at radius 1 is 1.31 bits per heavy atom. The highest BCUT2D eigenvalue weighted by Gasteiger charge is 2.23. The zero-order valence-electron chi connectivity index (χ0n) is 8.98. The molecule has 1 aromatic carbocycles. The third-order valence-electron chi connectivity index (χ3n) is 3.39. The van der Waals surface area contributed by atoms with E-state index < -0.39 is 0 Å². The molecule has 1 aliphatic rings. The maximum Gasteiger partial charge on any atom is 0.150 e. The topological polar surface area (TPSA) is 43.1 Å². The van der Waals surface area contributed by atoms with Crippen molar-refractivity contribution in [3.8, 4) is 0 Å². The number of carbonyl (C=O) groups excluding carboxylic acids is 1. The van der Waals surface area contributed by atoms with Gasteiger partial charge in [-0.3, -0.25) is 4.79 Å². The molecule has 0 bridgehead atoms. The van der Waals surface area contributed by atoms with Gasteiger partial charge in [0.15, 0.2) is 0 Å². The minimum absolute atomic E-state index is 0.520. The number of rotatable bonds is 2. The van der Waals surface area contributed by atoms with Crippen LogP contribution < -0.4 is 0 Å². The zero-order valence-corrected chi connectivity index (χ0v) is 8.98. The summed E-state index contributed by atoms with van der Waals surface area (Å²) in [5, 5.41) is 5.11. The summed E-state index contributed by atoms with van der Waals surface area (Å²) < 4.78 is 5.43. The number of hydrogen-bond donors (Lipinski definition) is 0. The number of hydrogen-bond acceptors (Lipinski definition) is 3. The molecule has 0 amide bonds. The molecule has 1 aromatic heterocycles. The van der Waals surface area contributed by atoms with E-state index >= 15 is 0 Å². The Kier molecular flexibility index (Phi) is 2.24. The van der Waals surface area contributed by atoms with Crippen molar-refractivity contribution in [2.45, 2.75) is 31.6 Å². The van der Waals surface area contributed by atoms with Gasteiger partial charge in [0, 0.05) is 16.9 Å². The van der Waals surface area contributed by atoms with E-state index in [0.717, 1.165) is 22.9 Å². The fraction of sp³-hybridized carbons (Fsp3) is 0.385. The van der Waals surface area contributed by atoms with Crippen molar-refractivity contribution in [2.75, 3.05) is 0 Å². The molecule has 82 valence electrons. The lowest BCUT2D eigenvalue weighted by atomic mass is 10.0. The van der Waals surface area contributed by atoms with Gasteiger partial charge in [0.25, 0.3) is 0 Å². The van der Waals surface area contributed by atoms with E-state index in [1.807, 2.05) is 12.1 Å². The van der Waals surface area contributed by atoms with Crippen LogP contribution in [-0.2, 0) is 0 Å². The Bertz CT molecular complexity index is 524. The van der Waals surface area contributed by atoms with Crippen LogP contribution in [0.1, 0.15) is 47.7 Å². The highest BCUT2D eigenvalue weighted by atomic mass is 16.5. The average Bonchev–Trinajstić information content (AvgIpc) is 2.96. The lowest BCUT2D eigenvalue weighted by molar-refractivity contribution is 0.112. The predicted octanol–water partition coefficient (Wildman–Crippen LogP) is 3.30. The van der Waals surface area contributed by atoms with Gasteiger partial charge in [-0.25, -0.2) is 0 Å². The molecule has 0 saturated heterocycles. The first-order valence-corrected chi connectivity index (χ1v) is 5.73. The highest BCUT2D eigenvalue weighted by Crippen LogP contribution is 2.37. The lowest BCUT2D eigenvalue weighted by Crippen LogP contribution is -1.89. The van der Waals surface area contributed by atoms with Gasteiger partial charge in [-0.1, -0.05) is 24.1 Å². The van der Waals surface area contributed by atoms with E-state index in [1.165, 1.54) is 25.7 Å². The van der Waals surface area contributed by atoms with Gasteiger partial charge in [0.1, 0.15) is 17.6 Å². The van der Waals surface area contributed by atoms with Crippen molar-refractivity contribution < 1.29 is 9.32 Å². The Hall–Kier alpha value is -1.64. The van der Waals surface area contributed by atoms with Crippen molar-refractivity contribution in [2.24, 2.45) is 0 Å². The number of fused-ring (bicyclic) bond motifs is 1. The summed E-state index contributed by atoms with van der Waals surface area (Å²) in [5.41, 5.74) is 1.45. The van der Waals surface area contributed by atoms with Gasteiger partial charge in [-0.05, 0) is 25.0 Å². The smallest absolute Gasteiger partial charge is 0.150 e. The van der Waals surface area contributed by atoms with E-state index in [9.17, 15) is 4.79 Å². The molecule has 3 rings (SSSR count). The molecule has 1 aliphatic carbocycles. The van der Waals surface area contributed by atoms with Gasteiger partial charge < -0.3 is 4.52 Å². The van der Waals surface area contributed by atoms with E-state index in [2.05, 4.69) is 5.16 Å². The van der Waals surface area contributed by atoms with E-state index in [0.29, 0.717) is 11.5 Å². The predicted molar refractivity (Wildman–Crippen MR) is 60.6 cm³/mol. The maximum atomic E-state index is 10.7. The first-order valence-electron chi connectivity index (χ1n) is 5.73. The van der Waals surface area contributed by atoms with Crippen molar-refractivity contribution >= 4 is 17.2 Å². The summed E-state index contributed by atoms with van der Waals surface area (Å²) in [4.78, 5) is 10.7. The summed E-state index contributed by atoms with van der Waals surface area (Å²) >= 11 is 0. The molecule has 3 nitrogen and oxygen atoms in total. The number of benzene rings is 1. The largest absolute Gasteiger partial charge is 0.360 e. The number of aldehydes is 1. The molecule has 1 fully saturated rings. The molecule has 0 spiro atoms. The fourth-order valence-corrected chi connectivity index (χ4v) is 2.54. The van der Waals surface area contributed by atoms with Crippen molar-refractivity contribution in [3.63, 3.8) is 0 Å². The SMILES string of the molecule is O=Cc1ccc2c(C3CCCC3)onc2c1. The van der Waals surface area contributed by atoms with Crippen LogP contribution in [0.15, 0.2) is 22.7 Å². The molecule has 0 atom stereocenters. The van der Waals surface area contributed by atoms with Crippen molar-refractivity contribution in [1.82, 2.24) is 5.16 Å². The van der Waals surface area contributed by atoms with Gasteiger partial charge >= 0.3 is 0 Å². The lowest BCUT2D eigenvalue weighted by Gasteiger charge is -2.03. The van der Waals surface area contributed by atoms with Crippen LogP contribution in [0.25, 0.3) is 10.9 Å². The Morgan fingerprint density at radius 2 is 2.12 bits per heavy atom. The Balaban J connectivity index is 2.09. The van der Waals surface area contributed by atoms with Crippen LogP contribution in [0.5, 0.6) is 0 Å². The van der Waals surface area contributed by atoms with Crippen LogP contribution in [0.4, 0.5) is 0 Å². The summed E-state index contributed by atoms with van der Waals surface area (Å²) in [6.45, 7) is 0. The van der Waals surface area contributed by atoms with Gasteiger partial charge in [0.2, 0.25) is 0 Å². The van der Waals surface area contributed by atoms with Crippen LogP contribution in [0, 0.1) is 0 Å². The summed E-state index contributed by atoms with van der Waals surface area (Å²) in [5.74, 6) is 1.53. The molecule has 2 aromatic rings. The molecule has 0 radical (unpaired) electrons. The van der Waals surface area contributed by atoms with Gasteiger partial charge in [0.05, 0.1) is 0 Å². The average molecular weight is 215 g/mol. The Labute approximate surface area is 93.4 Å². The van der Waals surface area contributed by atoms with E-state index in [-0.39, 0.29) is 0 Å². The number of carbonyl (C=O) groups is 1. The zero-order chi connectivity index (χ0) is 11.0. The number of nitrogens with zero attached hydrogens (tertiary/aromatic N) is 1. The van der Waals surface area contributed by atoms with Crippen LogP contribution in [0.3, 0.4) is 0 Å². The second kappa shape index (κ2) is 3.74. The molecular weight excluding hydrogens is 202 g/mol. The fourth-order valence-electron chi connectivity index (χ4n) is 2.54. The molecule has 1 saturated carbocycles. The normalized spacial score (nSPS) is 17.0. The van der Waals surface area contributed by atoms with Crippen LogP contribution in [0.2, 0.25) is 0 Å². The third-order valence-corrected chi connectivity index (χ3v) is 3.39. The van der Waals surface area contributed by atoms with Gasteiger partial charge in [-0.2, -0.15) is 0 Å². The van der Waals surface area contributed by atoms with Gasteiger partial charge in [-0.15, -0.1) is 0 Å². The first kappa shape index (κ1) is 9.58. The van der Waals surface area contributed by atoms with Crippen LogP contribution in [-0.4, -0.2) is 11.4 Å². The maximum absolute atomic E-state index is 10.7. The minimum atomic E-state index is 0.520. The molecule has 1 heterocycles. The highest BCUT2D eigenvalue weighted by molar-refractivity contribution is 5.87. The molecule has 0 unspecified atom stereocenters. The van der Waals surface area contributed by atoms with Crippen molar-refractivity contribution in [3.05, 3.63) is 29.5 Å². The second-order valence-electron chi connectivity index (χ2n) is 4.42. The van der Waals surface area contributed by atoms with E-state index in [1.54, 1.807) is 6.07 Å². The molecule has 3 heteroatoms. The third kappa shape index (κ3) is 1.43. The standard InChI is InChI=1S/C13H13NO2/c15-8-9-5-6-11-12(7-9)14-16-13(11)10-3-1-2-4-10/h5-8,10H,1-4H2. The summed E-state index contributed by atoms with van der Waals surface area (Å²) in [6, 6.07) is 5.55. The quantitative estimate of drug-likeness (QED) is 0.722. The molecule has 0 aliphatic heterocycles. The number of aromatic nitrogens is 1. The first-order chi connectivity index (χ1) is 7.88. The summed E-state index contributed by atoms with van der Waals surface area (Å²) in [7, 11) is 0. The Morgan fingerprint density at radius 3 is 2.88 bits per heavy atom. The van der Waals surface area contributed by atoms with Crippen molar-refractivity contribution in [1.29, 1.82) is 0 Å². The molecule has 16 heavy (non-hydrogen) atoms.